The zero-order valence-electron chi connectivity index (χ0n) is 12.1. The lowest BCUT2D eigenvalue weighted by Crippen LogP contribution is -2.40. The fourth-order valence-electron chi connectivity index (χ4n) is 2.05. The molecule has 6 heteroatoms. The Labute approximate surface area is 129 Å². The predicted octanol–water partition coefficient (Wildman–Crippen LogP) is 0.954. The van der Waals surface area contributed by atoms with Gasteiger partial charge in [-0.05, 0) is 18.4 Å². The Balaban J connectivity index is 1.83. The molecule has 2 aromatic rings. The van der Waals surface area contributed by atoms with Crippen LogP contribution >= 0.6 is 0 Å². The lowest BCUT2D eigenvalue weighted by Gasteiger charge is -2.16. The summed E-state index contributed by atoms with van der Waals surface area (Å²) in [6.45, 7) is 0.348. The number of aromatic nitrogens is 2. The molecular formula is C16H18N4O2. The summed E-state index contributed by atoms with van der Waals surface area (Å²) in [4.78, 5) is 30.4. The van der Waals surface area contributed by atoms with E-state index in [0.717, 1.165) is 12.8 Å². The van der Waals surface area contributed by atoms with Gasteiger partial charge in [0.25, 0.3) is 5.91 Å². The molecule has 6 nitrogen and oxygen atoms in total. The first-order valence-corrected chi connectivity index (χ1v) is 7.07. The van der Waals surface area contributed by atoms with Crippen LogP contribution < -0.4 is 10.6 Å². The summed E-state index contributed by atoms with van der Waals surface area (Å²) in [5, 5.41) is 5.49. The SMILES string of the molecule is O=CN[C@@H](CCc1ccccc1)CNC(=O)c1cnccn1. The molecule has 1 aromatic heterocycles. The Bertz CT molecular complexity index is 590. The van der Waals surface area contributed by atoms with Gasteiger partial charge in [-0.1, -0.05) is 30.3 Å². The van der Waals surface area contributed by atoms with Crippen molar-refractivity contribution in [2.24, 2.45) is 0 Å². The molecule has 0 spiro atoms. The highest BCUT2D eigenvalue weighted by Crippen LogP contribution is 2.04. The average molecular weight is 298 g/mol. The van der Waals surface area contributed by atoms with E-state index < -0.39 is 0 Å². The third-order valence-corrected chi connectivity index (χ3v) is 3.23. The molecule has 1 aromatic carbocycles. The quantitative estimate of drug-likeness (QED) is 0.711. The highest BCUT2D eigenvalue weighted by molar-refractivity contribution is 5.91. The van der Waals surface area contributed by atoms with Gasteiger partial charge in [0.2, 0.25) is 6.41 Å². The molecule has 0 aliphatic carbocycles. The van der Waals surface area contributed by atoms with E-state index in [9.17, 15) is 9.59 Å². The highest BCUT2D eigenvalue weighted by Gasteiger charge is 2.12. The molecule has 22 heavy (non-hydrogen) atoms. The first-order valence-electron chi connectivity index (χ1n) is 7.07. The third kappa shape index (κ3) is 4.97. The minimum absolute atomic E-state index is 0.127. The molecular weight excluding hydrogens is 280 g/mol. The van der Waals surface area contributed by atoms with Gasteiger partial charge in [0.05, 0.1) is 6.20 Å². The maximum atomic E-state index is 11.9. The second-order valence-corrected chi connectivity index (χ2v) is 4.81. The smallest absolute Gasteiger partial charge is 0.271 e. The normalized spacial score (nSPS) is 11.5. The van der Waals surface area contributed by atoms with Crippen LogP contribution in [-0.2, 0) is 11.2 Å². The maximum Gasteiger partial charge on any atom is 0.271 e. The van der Waals surface area contributed by atoms with Crippen molar-refractivity contribution in [3.05, 3.63) is 60.2 Å². The van der Waals surface area contributed by atoms with Crippen LogP contribution in [0.1, 0.15) is 22.5 Å². The number of amides is 2. The maximum absolute atomic E-state index is 11.9. The number of nitrogens with one attached hydrogen (secondary N) is 2. The van der Waals surface area contributed by atoms with Gasteiger partial charge in [0.1, 0.15) is 5.69 Å². The highest BCUT2D eigenvalue weighted by atomic mass is 16.2. The van der Waals surface area contributed by atoms with E-state index in [4.69, 9.17) is 0 Å². The second kappa shape index (κ2) is 8.51. The molecule has 2 rings (SSSR count). The van der Waals surface area contributed by atoms with Crippen molar-refractivity contribution in [2.45, 2.75) is 18.9 Å². The van der Waals surface area contributed by atoms with Gasteiger partial charge in [-0.3, -0.25) is 14.6 Å². The zero-order chi connectivity index (χ0) is 15.6. The number of carbonyl (C=O) groups excluding carboxylic acids is 2. The largest absolute Gasteiger partial charge is 0.354 e. The number of carbonyl (C=O) groups is 2. The Kier molecular flexibility index (Phi) is 6.04. The van der Waals surface area contributed by atoms with Gasteiger partial charge >= 0.3 is 0 Å². The lowest BCUT2D eigenvalue weighted by molar-refractivity contribution is -0.110. The molecule has 1 atom stereocenters. The third-order valence-electron chi connectivity index (χ3n) is 3.23. The standard InChI is InChI=1S/C16H18N4O2/c21-12-20-14(7-6-13-4-2-1-3-5-13)10-19-16(22)15-11-17-8-9-18-15/h1-5,8-9,11-12,14H,6-7,10H2,(H,19,22)(H,20,21)/t14-/m0/s1. The van der Waals surface area contributed by atoms with Crippen LogP contribution in [0.5, 0.6) is 0 Å². The first-order chi connectivity index (χ1) is 10.8. The van der Waals surface area contributed by atoms with Crippen LogP contribution in [0.2, 0.25) is 0 Å². The van der Waals surface area contributed by atoms with E-state index in [1.807, 2.05) is 30.3 Å². The summed E-state index contributed by atoms with van der Waals surface area (Å²) >= 11 is 0. The summed E-state index contributed by atoms with van der Waals surface area (Å²) in [6, 6.07) is 9.87. The molecule has 2 amide bonds. The summed E-state index contributed by atoms with van der Waals surface area (Å²) in [5.41, 5.74) is 1.45. The monoisotopic (exact) mass is 298 g/mol. The Morgan fingerprint density at radius 2 is 2.05 bits per heavy atom. The predicted molar refractivity (Wildman–Crippen MR) is 82.1 cm³/mol. The molecule has 0 radical (unpaired) electrons. The Hall–Kier alpha value is -2.76. The number of benzene rings is 1. The fourth-order valence-corrected chi connectivity index (χ4v) is 2.05. The van der Waals surface area contributed by atoms with Crippen LogP contribution in [0.3, 0.4) is 0 Å². The Morgan fingerprint density at radius 1 is 1.23 bits per heavy atom. The second-order valence-electron chi connectivity index (χ2n) is 4.81. The van der Waals surface area contributed by atoms with E-state index >= 15 is 0 Å². The topological polar surface area (TPSA) is 84.0 Å². The minimum atomic E-state index is -0.300. The average Bonchev–Trinajstić information content (AvgIpc) is 2.59. The van der Waals surface area contributed by atoms with Crippen LogP contribution in [0, 0.1) is 0 Å². The van der Waals surface area contributed by atoms with Gasteiger partial charge in [-0.15, -0.1) is 0 Å². The van der Waals surface area contributed by atoms with E-state index in [2.05, 4.69) is 20.6 Å². The molecule has 2 N–H and O–H groups in total. The molecule has 0 saturated carbocycles. The lowest BCUT2D eigenvalue weighted by atomic mass is 10.1. The van der Waals surface area contributed by atoms with E-state index in [1.54, 1.807) is 0 Å². The Morgan fingerprint density at radius 3 is 2.73 bits per heavy atom. The van der Waals surface area contributed by atoms with Crippen LogP contribution in [-0.4, -0.2) is 34.9 Å². The number of hydrogen-bond acceptors (Lipinski definition) is 4. The van der Waals surface area contributed by atoms with Gasteiger partial charge in [-0.2, -0.15) is 0 Å². The molecule has 114 valence electrons. The van der Waals surface area contributed by atoms with Gasteiger partial charge in [0.15, 0.2) is 0 Å². The molecule has 1 heterocycles. The van der Waals surface area contributed by atoms with Crippen molar-refractivity contribution in [1.29, 1.82) is 0 Å². The van der Waals surface area contributed by atoms with E-state index in [-0.39, 0.29) is 17.6 Å². The van der Waals surface area contributed by atoms with Gasteiger partial charge in [-0.25, -0.2) is 4.98 Å². The summed E-state index contributed by atoms with van der Waals surface area (Å²) in [6.07, 6.45) is 6.60. The summed E-state index contributed by atoms with van der Waals surface area (Å²) < 4.78 is 0. The molecule has 0 saturated heterocycles. The molecule has 0 aliphatic heterocycles. The molecule has 0 fully saturated rings. The first kappa shape index (κ1) is 15.6. The van der Waals surface area contributed by atoms with E-state index in [0.29, 0.717) is 13.0 Å². The minimum Gasteiger partial charge on any atom is -0.354 e. The number of aryl methyl sites for hydroxylation is 1. The van der Waals surface area contributed by atoms with Crippen LogP contribution in [0.15, 0.2) is 48.9 Å². The number of nitrogens with zero attached hydrogens (tertiary/aromatic N) is 2. The van der Waals surface area contributed by atoms with Crippen LogP contribution in [0.4, 0.5) is 0 Å². The van der Waals surface area contributed by atoms with Crippen LogP contribution in [0.25, 0.3) is 0 Å². The molecule has 0 bridgehead atoms. The zero-order valence-corrected chi connectivity index (χ0v) is 12.1. The molecule has 0 aliphatic rings. The number of rotatable bonds is 8. The van der Waals surface area contributed by atoms with Crippen molar-refractivity contribution < 1.29 is 9.59 Å². The van der Waals surface area contributed by atoms with Crippen molar-refractivity contribution in [3.8, 4) is 0 Å². The van der Waals surface area contributed by atoms with E-state index in [1.165, 1.54) is 24.2 Å². The molecule has 0 unspecified atom stereocenters. The number of hydrogen-bond donors (Lipinski definition) is 2. The fraction of sp³-hybridized carbons (Fsp3) is 0.250. The van der Waals surface area contributed by atoms with Crippen molar-refractivity contribution in [1.82, 2.24) is 20.6 Å². The summed E-state index contributed by atoms with van der Waals surface area (Å²) in [5.74, 6) is -0.300. The summed E-state index contributed by atoms with van der Waals surface area (Å²) in [7, 11) is 0. The van der Waals surface area contributed by atoms with Gasteiger partial charge in [0, 0.05) is 25.0 Å². The van der Waals surface area contributed by atoms with Crippen molar-refractivity contribution >= 4 is 12.3 Å². The van der Waals surface area contributed by atoms with Gasteiger partial charge < -0.3 is 10.6 Å². The van der Waals surface area contributed by atoms with Crippen molar-refractivity contribution in [2.75, 3.05) is 6.54 Å². The van der Waals surface area contributed by atoms with Crippen molar-refractivity contribution in [3.63, 3.8) is 0 Å².